The molecule has 28 heavy (non-hydrogen) atoms. The lowest BCUT2D eigenvalue weighted by atomic mass is 9.97. The van der Waals surface area contributed by atoms with Crippen LogP contribution in [0.3, 0.4) is 0 Å². The van der Waals surface area contributed by atoms with Crippen molar-refractivity contribution in [3.05, 3.63) is 24.3 Å². The molecule has 2 atom stereocenters. The predicted octanol–water partition coefficient (Wildman–Crippen LogP) is 4.86. The van der Waals surface area contributed by atoms with Crippen LogP contribution >= 0.6 is 0 Å². The number of benzene rings is 1. The molecule has 2 rings (SSSR count). The lowest BCUT2D eigenvalue weighted by Crippen LogP contribution is -2.41. The maximum atomic E-state index is 12.6. The van der Waals surface area contributed by atoms with Gasteiger partial charge in [-0.25, -0.2) is 0 Å². The summed E-state index contributed by atoms with van der Waals surface area (Å²) in [5.41, 5.74) is -0.0317. The van der Waals surface area contributed by atoms with Gasteiger partial charge >= 0.3 is 0 Å². The van der Waals surface area contributed by atoms with Gasteiger partial charge in [-0.05, 0) is 70.3 Å². The fraction of sp³-hybridized carbons (Fsp3) is 0.696. The molecule has 158 valence electrons. The van der Waals surface area contributed by atoms with Gasteiger partial charge in [-0.1, -0.05) is 26.2 Å². The molecule has 1 N–H and O–H groups in total. The molecule has 1 heterocycles. The number of carbonyl (C=O) groups excluding carboxylic acids is 1. The van der Waals surface area contributed by atoms with Gasteiger partial charge < -0.3 is 19.7 Å². The van der Waals surface area contributed by atoms with Crippen molar-refractivity contribution in [2.75, 3.05) is 32.1 Å². The van der Waals surface area contributed by atoms with Gasteiger partial charge in [0.2, 0.25) is 0 Å². The molecule has 5 nitrogen and oxygen atoms in total. The first-order valence-electron chi connectivity index (χ1n) is 10.8. The fourth-order valence-electron chi connectivity index (χ4n) is 3.67. The Morgan fingerprint density at radius 3 is 2.64 bits per heavy atom. The summed E-state index contributed by atoms with van der Waals surface area (Å²) in [6.07, 6.45) is 7.73. The van der Waals surface area contributed by atoms with Gasteiger partial charge in [0, 0.05) is 25.4 Å². The van der Waals surface area contributed by atoms with Crippen molar-refractivity contribution in [2.24, 2.45) is 0 Å². The number of anilines is 1. The van der Waals surface area contributed by atoms with Gasteiger partial charge in [-0.15, -0.1) is 0 Å². The molecular formula is C23H38N2O3. The second-order valence-electron chi connectivity index (χ2n) is 8.10. The highest BCUT2D eigenvalue weighted by molar-refractivity contribution is 5.97. The predicted molar refractivity (Wildman–Crippen MR) is 115 cm³/mol. The molecule has 1 aromatic rings. The zero-order valence-corrected chi connectivity index (χ0v) is 18.1. The van der Waals surface area contributed by atoms with E-state index < -0.39 is 5.60 Å². The van der Waals surface area contributed by atoms with Gasteiger partial charge in [0.25, 0.3) is 5.91 Å². The summed E-state index contributed by atoms with van der Waals surface area (Å²) in [7, 11) is 1.59. The summed E-state index contributed by atoms with van der Waals surface area (Å²) in [5, 5.41) is 2.96. The molecule has 1 fully saturated rings. The molecule has 1 aliphatic rings. The Kier molecular flexibility index (Phi) is 9.26. The molecule has 1 aromatic carbocycles. The van der Waals surface area contributed by atoms with Crippen molar-refractivity contribution in [1.82, 2.24) is 4.90 Å². The monoisotopic (exact) mass is 390 g/mol. The Morgan fingerprint density at radius 1 is 1.25 bits per heavy atom. The molecule has 2 unspecified atom stereocenters. The van der Waals surface area contributed by atoms with Crippen LogP contribution in [0.15, 0.2) is 24.3 Å². The number of methoxy groups -OCH3 is 1. The van der Waals surface area contributed by atoms with Crippen LogP contribution in [0.2, 0.25) is 0 Å². The molecule has 1 aliphatic heterocycles. The highest BCUT2D eigenvalue weighted by atomic mass is 16.5. The van der Waals surface area contributed by atoms with E-state index in [-0.39, 0.29) is 5.91 Å². The van der Waals surface area contributed by atoms with E-state index in [9.17, 15) is 4.79 Å². The van der Waals surface area contributed by atoms with Crippen molar-refractivity contribution in [1.29, 1.82) is 0 Å². The van der Waals surface area contributed by atoms with E-state index in [1.165, 1.54) is 25.8 Å². The van der Waals surface area contributed by atoms with Crippen molar-refractivity contribution in [3.63, 3.8) is 0 Å². The summed E-state index contributed by atoms with van der Waals surface area (Å²) < 4.78 is 11.3. The molecular weight excluding hydrogens is 352 g/mol. The van der Waals surface area contributed by atoms with Gasteiger partial charge in [-0.2, -0.15) is 0 Å². The third kappa shape index (κ3) is 6.78. The van der Waals surface area contributed by atoms with Gasteiger partial charge in [0.1, 0.15) is 11.4 Å². The van der Waals surface area contributed by atoms with Crippen LogP contribution in [0.25, 0.3) is 0 Å². The zero-order chi connectivity index (χ0) is 20.4. The van der Waals surface area contributed by atoms with Crippen LogP contribution in [0.5, 0.6) is 5.75 Å². The van der Waals surface area contributed by atoms with E-state index in [0.717, 1.165) is 37.2 Å². The van der Waals surface area contributed by atoms with Crippen molar-refractivity contribution in [2.45, 2.75) is 77.4 Å². The molecule has 0 spiro atoms. The highest BCUT2D eigenvalue weighted by Gasteiger charge is 2.32. The van der Waals surface area contributed by atoms with Crippen molar-refractivity contribution in [3.8, 4) is 5.75 Å². The van der Waals surface area contributed by atoms with E-state index in [4.69, 9.17) is 9.47 Å². The Balaban J connectivity index is 1.75. The largest absolute Gasteiger partial charge is 0.494 e. The maximum absolute atomic E-state index is 12.6. The Morgan fingerprint density at radius 2 is 2.00 bits per heavy atom. The Bertz CT molecular complexity index is 590. The lowest BCUT2D eigenvalue weighted by Gasteiger charge is -2.33. The average molecular weight is 391 g/mol. The summed E-state index contributed by atoms with van der Waals surface area (Å²) in [6.45, 7) is 9.31. The second-order valence-corrected chi connectivity index (χ2v) is 8.10. The van der Waals surface area contributed by atoms with Crippen LogP contribution in [-0.2, 0) is 9.53 Å². The summed E-state index contributed by atoms with van der Waals surface area (Å²) >= 11 is 0. The molecule has 1 saturated heterocycles. The summed E-state index contributed by atoms with van der Waals surface area (Å²) in [6, 6.07) is 8.29. The van der Waals surface area contributed by atoms with Crippen molar-refractivity contribution < 1.29 is 14.3 Å². The first kappa shape index (κ1) is 22.7. The normalized spacial score (nSPS) is 19.8. The number of carbonyl (C=O) groups is 1. The number of ether oxygens (including phenoxy) is 2. The van der Waals surface area contributed by atoms with Gasteiger partial charge in [0.15, 0.2) is 0 Å². The molecule has 0 bridgehead atoms. The van der Waals surface area contributed by atoms with Gasteiger partial charge in [-0.3, -0.25) is 4.79 Å². The van der Waals surface area contributed by atoms with Crippen LogP contribution in [0.4, 0.5) is 5.69 Å². The molecule has 0 aromatic heterocycles. The topological polar surface area (TPSA) is 50.8 Å². The van der Waals surface area contributed by atoms with E-state index in [0.29, 0.717) is 19.1 Å². The van der Waals surface area contributed by atoms with Gasteiger partial charge in [0.05, 0.1) is 6.61 Å². The number of piperidine rings is 1. The van der Waals surface area contributed by atoms with E-state index in [1.54, 1.807) is 7.11 Å². The smallest absolute Gasteiger partial charge is 0.256 e. The Hall–Kier alpha value is -1.59. The summed E-state index contributed by atoms with van der Waals surface area (Å²) in [4.78, 5) is 15.1. The fourth-order valence-corrected chi connectivity index (χ4v) is 3.67. The molecule has 0 radical (unpaired) electrons. The molecule has 0 aliphatic carbocycles. The quantitative estimate of drug-likeness (QED) is 0.548. The highest BCUT2D eigenvalue weighted by Crippen LogP contribution is 2.22. The van der Waals surface area contributed by atoms with Crippen LogP contribution in [0.1, 0.15) is 65.7 Å². The molecule has 1 amide bonds. The number of rotatable bonds is 11. The number of nitrogens with zero attached hydrogens (tertiary/aromatic N) is 1. The maximum Gasteiger partial charge on any atom is 0.256 e. The number of unbranched alkanes of at least 4 members (excludes halogenated alkanes) is 1. The number of hydrogen-bond donors (Lipinski definition) is 1. The molecule has 5 heteroatoms. The lowest BCUT2D eigenvalue weighted by molar-refractivity contribution is -0.136. The van der Waals surface area contributed by atoms with Crippen LogP contribution in [-0.4, -0.2) is 49.3 Å². The van der Waals surface area contributed by atoms with Crippen molar-refractivity contribution >= 4 is 11.6 Å². The Labute approximate surface area is 170 Å². The third-order valence-electron chi connectivity index (χ3n) is 5.85. The van der Waals surface area contributed by atoms with Crippen LogP contribution < -0.4 is 10.1 Å². The first-order valence-corrected chi connectivity index (χ1v) is 10.8. The SMILES string of the molecule is CCCCC(C)(OC)C(=O)Nc1ccc(OCCCN2CCCCC2C)cc1. The molecule has 0 saturated carbocycles. The minimum atomic E-state index is -0.795. The number of amides is 1. The van der Waals surface area contributed by atoms with Crippen LogP contribution in [0, 0.1) is 0 Å². The zero-order valence-electron chi connectivity index (χ0n) is 18.1. The summed E-state index contributed by atoms with van der Waals surface area (Å²) in [5.74, 6) is 0.734. The number of hydrogen-bond acceptors (Lipinski definition) is 4. The number of nitrogens with one attached hydrogen (secondary N) is 1. The van der Waals surface area contributed by atoms with E-state index in [2.05, 4.69) is 24.1 Å². The second kappa shape index (κ2) is 11.4. The average Bonchev–Trinajstić information content (AvgIpc) is 2.71. The minimum Gasteiger partial charge on any atom is -0.494 e. The van der Waals surface area contributed by atoms with E-state index in [1.807, 2.05) is 31.2 Å². The number of likely N-dealkylation sites (tertiary alicyclic amines) is 1. The third-order valence-corrected chi connectivity index (χ3v) is 5.85. The van der Waals surface area contributed by atoms with E-state index >= 15 is 0 Å². The minimum absolute atomic E-state index is 0.104. The first-order chi connectivity index (χ1) is 13.5. The standard InChI is InChI=1S/C23H38N2O3/c1-5-6-15-23(3,27-4)22(26)24-20-11-13-21(14-12-20)28-18-9-17-25-16-8-7-10-19(25)2/h11-14,19H,5-10,15-18H2,1-4H3,(H,24,26).